The number of hydrogen-bond donors (Lipinski definition) is 1. The van der Waals surface area contributed by atoms with Crippen molar-refractivity contribution < 1.29 is 18.0 Å². The zero-order chi connectivity index (χ0) is 21.2. The number of amides is 2. The molecule has 0 unspecified atom stereocenters. The Hall–Kier alpha value is -2.52. The fourth-order valence-electron chi connectivity index (χ4n) is 3.10. The molecule has 1 aliphatic rings. The number of para-hydroxylation sites is 1. The van der Waals surface area contributed by atoms with Crippen LogP contribution in [0.3, 0.4) is 0 Å². The van der Waals surface area contributed by atoms with E-state index in [1.807, 2.05) is 0 Å². The normalized spacial score (nSPS) is 13.6. The van der Waals surface area contributed by atoms with Gasteiger partial charge < -0.3 is 9.80 Å². The molecule has 0 aliphatic carbocycles. The van der Waals surface area contributed by atoms with Gasteiger partial charge in [0.05, 0.1) is 10.6 Å². The van der Waals surface area contributed by atoms with Gasteiger partial charge in [0, 0.05) is 38.1 Å². The maximum absolute atomic E-state index is 13.0. The molecule has 1 aliphatic heterocycles. The van der Waals surface area contributed by atoms with Crippen molar-refractivity contribution in [2.75, 3.05) is 30.3 Å². The lowest BCUT2D eigenvalue weighted by Gasteiger charge is -2.28. The van der Waals surface area contributed by atoms with Crippen molar-refractivity contribution in [1.29, 1.82) is 0 Å². The van der Waals surface area contributed by atoms with Gasteiger partial charge in [-0.15, -0.1) is 0 Å². The quantitative estimate of drug-likeness (QED) is 0.745. The molecule has 154 valence electrons. The van der Waals surface area contributed by atoms with E-state index in [0.717, 1.165) is 29.4 Å². The van der Waals surface area contributed by atoms with Gasteiger partial charge in [-0.1, -0.05) is 12.1 Å². The topological polar surface area (TPSA) is 86.8 Å². The molecule has 0 bridgehead atoms. The van der Waals surface area contributed by atoms with Crippen molar-refractivity contribution in [2.24, 2.45) is 0 Å². The number of rotatable bonds is 4. The summed E-state index contributed by atoms with van der Waals surface area (Å²) in [6.45, 7) is 2.14. The van der Waals surface area contributed by atoms with Crippen molar-refractivity contribution >= 4 is 44.3 Å². The molecular weight excluding hydrogens is 410 g/mol. The van der Waals surface area contributed by atoms with Gasteiger partial charge in [-0.25, -0.2) is 8.42 Å². The van der Waals surface area contributed by atoms with E-state index in [2.05, 4.69) is 4.72 Å². The van der Waals surface area contributed by atoms with Crippen molar-refractivity contribution in [3.8, 4) is 0 Å². The molecule has 9 heteroatoms. The van der Waals surface area contributed by atoms with E-state index >= 15 is 0 Å². The molecule has 0 atom stereocenters. The number of nitrogens with one attached hydrogen (secondary N) is 1. The number of carbonyl (C=O) groups excluding carboxylic acids is 2. The van der Waals surface area contributed by atoms with Crippen LogP contribution in [0.5, 0.6) is 0 Å². The van der Waals surface area contributed by atoms with Crippen molar-refractivity contribution in [3.05, 3.63) is 48.0 Å². The number of sulfonamides is 1. The molecule has 2 aromatic rings. The minimum atomic E-state index is -3.85. The van der Waals surface area contributed by atoms with Crippen LogP contribution in [0.1, 0.15) is 18.9 Å². The van der Waals surface area contributed by atoms with E-state index < -0.39 is 10.0 Å². The fourth-order valence-corrected chi connectivity index (χ4v) is 5.04. The highest BCUT2D eigenvalue weighted by molar-refractivity contribution is 8.13. The lowest BCUT2D eigenvalue weighted by atomic mass is 10.0. The van der Waals surface area contributed by atoms with Gasteiger partial charge in [-0.2, -0.15) is 0 Å². The highest BCUT2D eigenvalue weighted by Gasteiger charge is 2.24. The molecule has 3 rings (SSSR count). The van der Waals surface area contributed by atoms with Crippen molar-refractivity contribution in [2.45, 2.75) is 29.6 Å². The van der Waals surface area contributed by atoms with Gasteiger partial charge in [0.1, 0.15) is 0 Å². The average molecular weight is 434 g/mol. The highest BCUT2D eigenvalue weighted by atomic mass is 32.2. The third-order valence-electron chi connectivity index (χ3n) is 4.55. The predicted octanol–water partition coefficient (Wildman–Crippen LogP) is 3.56. The summed E-state index contributed by atoms with van der Waals surface area (Å²) in [5.41, 5.74) is 1.94. The van der Waals surface area contributed by atoms with E-state index in [1.54, 1.807) is 55.4 Å². The van der Waals surface area contributed by atoms with Gasteiger partial charge in [0.2, 0.25) is 5.91 Å². The minimum absolute atomic E-state index is 0.0591. The van der Waals surface area contributed by atoms with Crippen LogP contribution in [0.15, 0.2) is 52.3 Å². The van der Waals surface area contributed by atoms with E-state index in [0.29, 0.717) is 23.5 Å². The molecule has 1 heterocycles. The van der Waals surface area contributed by atoms with Gasteiger partial charge in [0.15, 0.2) is 0 Å². The summed E-state index contributed by atoms with van der Waals surface area (Å²) in [7, 11) is -0.578. The third kappa shape index (κ3) is 4.73. The van der Waals surface area contributed by atoms with Crippen LogP contribution in [0.2, 0.25) is 0 Å². The molecule has 0 saturated carbocycles. The lowest BCUT2D eigenvalue weighted by Crippen LogP contribution is -2.33. The van der Waals surface area contributed by atoms with E-state index in [1.165, 1.54) is 17.9 Å². The molecule has 1 N–H and O–H groups in total. The van der Waals surface area contributed by atoms with E-state index in [4.69, 9.17) is 0 Å². The fraction of sp³-hybridized carbons (Fsp3) is 0.300. The first-order chi connectivity index (χ1) is 13.7. The first kappa shape index (κ1) is 21.2. The second-order valence-electron chi connectivity index (χ2n) is 6.93. The van der Waals surface area contributed by atoms with Crippen LogP contribution in [-0.4, -0.2) is 45.1 Å². The lowest BCUT2D eigenvalue weighted by molar-refractivity contribution is -0.116. The predicted molar refractivity (Wildman–Crippen MR) is 115 cm³/mol. The monoisotopic (exact) mass is 433 g/mol. The summed E-state index contributed by atoms with van der Waals surface area (Å²) in [4.78, 5) is 27.6. The maximum atomic E-state index is 13.0. The molecule has 0 fully saturated rings. The number of carbonyl (C=O) groups is 2. The molecule has 0 spiro atoms. The van der Waals surface area contributed by atoms with Crippen molar-refractivity contribution in [3.63, 3.8) is 0 Å². The molecule has 2 amide bonds. The molecule has 0 radical (unpaired) electrons. The van der Waals surface area contributed by atoms with Gasteiger partial charge in [0.25, 0.3) is 15.3 Å². The summed E-state index contributed by atoms with van der Waals surface area (Å²) < 4.78 is 28.5. The molecule has 0 aromatic heterocycles. The van der Waals surface area contributed by atoms with Gasteiger partial charge in [-0.3, -0.25) is 14.3 Å². The second kappa shape index (κ2) is 8.46. The van der Waals surface area contributed by atoms with Crippen LogP contribution in [0, 0.1) is 0 Å². The number of anilines is 2. The Morgan fingerprint density at radius 3 is 2.55 bits per heavy atom. The van der Waals surface area contributed by atoms with Crippen molar-refractivity contribution in [1.82, 2.24) is 4.90 Å². The highest BCUT2D eigenvalue weighted by Crippen LogP contribution is 2.33. The number of benzene rings is 2. The number of nitrogens with zero attached hydrogens (tertiary/aromatic N) is 2. The number of aryl methyl sites for hydroxylation is 1. The summed E-state index contributed by atoms with van der Waals surface area (Å²) in [5, 5.41) is -0.199. The minimum Gasteiger partial charge on any atom is -0.339 e. The standard InChI is InChI=1S/C20H23N3O4S2/c1-14(24)23-12-6-7-15-13-16(10-11-18(15)23)29(26,27)21-17-8-4-5-9-19(17)28-20(25)22(2)3/h4-5,8-11,13,21H,6-7,12H2,1-3H3. The Morgan fingerprint density at radius 1 is 1.14 bits per heavy atom. The SMILES string of the molecule is CC(=O)N1CCCc2cc(S(=O)(=O)Nc3ccccc3SC(=O)N(C)C)ccc21. The second-order valence-corrected chi connectivity index (χ2v) is 9.60. The van der Waals surface area contributed by atoms with Crippen LogP contribution in [0.25, 0.3) is 0 Å². The zero-order valence-corrected chi connectivity index (χ0v) is 18.1. The van der Waals surface area contributed by atoms with Gasteiger partial charge >= 0.3 is 0 Å². The largest absolute Gasteiger partial charge is 0.339 e. The molecule has 7 nitrogen and oxygen atoms in total. The third-order valence-corrected chi connectivity index (χ3v) is 7.03. The Balaban J connectivity index is 1.90. The molecule has 2 aromatic carbocycles. The summed E-state index contributed by atoms with van der Waals surface area (Å²) in [6.07, 6.45) is 1.50. The van der Waals surface area contributed by atoms with Crippen LogP contribution in [-0.2, 0) is 21.2 Å². The van der Waals surface area contributed by atoms with E-state index in [9.17, 15) is 18.0 Å². The average Bonchev–Trinajstić information content (AvgIpc) is 2.68. The zero-order valence-electron chi connectivity index (χ0n) is 16.5. The van der Waals surface area contributed by atoms with E-state index in [-0.39, 0.29) is 16.0 Å². The Morgan fingerprint density at radius 2 is 1.86 bits per heavy atom. The molecular formula is C20H23N3O4S2. The Kier molecular flexibility index (Phi) is 6.18. The smallest absolute Gasteiger partial charge is 0.286 e. The van der Waals surface area contributed by atoms with Crippen LogP contribution >= 0.6 is 11.8 Å². The summed E-state index contributed by atoms with van der Waals surface area (Å²) >= 11 is 0.956. The molecule has 0 saturated heterocycles. The summed E-state index contributed by atoms with van der Waals surface area (Å²) in [5.74, 6) is -0.0591. The Labute approximate surface area is 175 Å². The maximum Gasteiger partial charge on any atom is 0.286 e. The number of thioether (sulfide) groups is 1. The number of hydrogen-bond acceptors (Lipinski definition) is 5. The first-order valence-electron chi connectivity index (χ1n) is 9.11. The van der Waals surface area contributed by atoms with Gasteiger partial charge in [-0.05, 0) is 60.5 Å². The van der Waals surface area contributed by atoms with Crippen LogP contribution in [0.4, 0.5) is 16.2 Å². The molecule has 29 heavy (non-hydrogen) atoms. The Bertz CT molecular complexity index is 1050. The summed E-state index contributed by atoms with van der Waals surface area (Å²) in [6, 6.07) is 11.6. The van der Waals surface area contributed by atoms with Crippen LogP contribution < -0.4 is 9.62 Å². The number of fused-ring (bicyclic) bond motifs is 1. The first-order valence-corrected chi connectivity index (χ1v) is 11.4.